The Balaban J connectivity index is 1.66. The van der Waals surface area contributed by atoms with Crippen molar-refractivity contribution in [2.24, 2.45) is 11.8 Å². The van der Waals surface area contributed by atoms with Crippen molar-refractivity contribution >= 4 is 0 Å². The van der Waals surface area contributed by atoms with Crippen LogP contribution in [0.25, 0.3) is 0 Å². The first-order chi connectivity index (χ1) is 6.75. The molecular formula is C12H23NO. The first-order valence-corrected chi connectivity index (χ1v) is 6.07. The Morgan fingerprint density at radius 2 is 1.86 bits per heavy atom. The zero-order valence-corrected chi connectivity index (χ0v) is 9.54. The fourth-order valence-electron chi connectivity index (χ4n) is 2.77. The normalized spacial score (nSPS) is 26.8. The minimum Gasteiger partial charge on any atom is -0.381 e. The van der Waals surface area contributed by atoms with Crippen LogP contribution >= 0.6 is 0 Å². The highest BCUT2D eigenvalue weighted by molar-refractivity contribution is 4.86. The minimum absolute atomic E-state index is 0.840. The van der Waals surface area contributed by atoms with Crippen LogP contribution in [0.15, 0.2) is 0 Å². The Hall–Kier alpha value is -0.0800. The lowest BCUT2D eigenvalue weighted by Crippen LogP contribution is -2.53. The summed E-state index contributed by atoms with van der Waals surface area (Å²) in [6.45, 7) is 9.33. The molecule has 2 rings (SSSR count). The zero-order chi connectivity index (χ0) is 9.97. The molecule has 0 aromatic heterocycles. The van der Waals surface area contributed by atoms with Gasteiger partial charge < -0.3 is 4.74 Å². The van der Waals surface area contributed by atoms with E-state index in [1.165, 1.54) is 32.4 Å². The summed E-state index contributed by atoms with van der Waals surface area (Å²) in [5.41, 5.74) is 0. The number of nitrogens with zero attached hydrogens (tertiary/aromatic N) is 1. The molecule has 2 aliphatic heterocycles. The lowest BCUT2D eigenvalue weighted by molar-refractivity contribution is -0.0197. The third-order valence-corrected chi connectivity index (χ3v) is 3.50. The van der Waals surface area contributed by atoms with Crippen molar-refractivity contribution in [1.29, 1.82) is 0 Å². The van der Waals surface area contributed by atoms with Crippen LogP contribution in [0.1, 0.15) is 33.1 Å². The van der Waals surface area contributed by atoms with Crippen LogP contribution in [-0.4, -0.2) is 37.2 Å². The van der Waals surface area contributed by atoms with E-state index in [1.807, 2.05) is 0 Å². The van der Waals surface area contributed by atoms with Crippen molar-refractivity contribution in [1.82, 2.24) is 4.90 Å². The fourth-order valence-corrected chi connectivity index (χ4v) is 2.77. The number of likely N-dealkylation sites (tertiary alicyclic amines) is 1. The van der Waals surface area contributed by atoms with Crippen molar-refractivity contribution in [3.8, 4) is 0 Å². The summed E-state index contributed by atoms with van der Waals surface area (Å²) >= 11 is 0. The Morgan fingerprint density at radius 1 is 1.21 bits per heavy atom. The van der Waals surface area contributed by atoms with Gasteiger partial charge in [-0.1, -0.05) is 13.8 Å². The third kappa shape index (κ3) is 2.48. The molecule has 0 radical (unpaired) electrons. The van der Waals surface area contributed by atoms with Crippen molar-refractivity contribution in [2.45, 2.75) is 39.2 Å². The maximum absolute atomic E-state index is 5.38. The molecule has 2 heterocycles. The summed E-state index contributed by atoms with van der Waals surface area (Å²) in [5, 5.41) is 0. The largest absolute Gasteiger partial charge is 0.381 e. The summed E-state index contributed by atoms with van der Waals surface area (Å²) in [6, 6.07) is 0.840. The molecule has 2 heteroatoms. The Bertz CT molecular complexity index is 169. The first-order valence-electron chi connectivity index (χ1n) is 6.07. The lowest BCUT2D eigenvalue weighted by Gasteiger charge is -2.46. The highest BCUT2D eigenvalue weighted by atomic mass is 16.5. The van der Waals surface area contributed by atoms with E-state index in [1.54, 1.807) is 0 Å². The van der Waals surface area contributed by atoms with Crippen molar-refractivity contribution in [2.75, 3.05) is 26.3 Å². The van der Waals surface area contributed by atoms with Gasteiger partial charge in [-0.3, -0.25) is 4.90 Å². The monoisotopic (exact) mass is 197 g/mol. The maximum Gasteiger partial charge on any atom is 0.0480 e. The SMILES string of the molecule is CC(C)CC1CN(C2CCOCC2)C1. The van der Waals surface area contributed by atoms with E-state index in [-0.39, 0.29) is 0 Å². The Kier molecular flexibility index (Phi) is 3.45. The molecule has 0 aromatic carbocycles. The van der Waals surface area contributed by atoms with E-state index in [0.29, 0.717) is 0 Å². The maximum atomic E-state index is 5.38. The average molecular weight is 197 g/mol. The Labute approximate surface area is 87.6 Å². The van der Waals surface area contributed by atoms with Gasteiger partial charge in [-0.25, -0.2) is 0 Å². The molecule has 0 unspecified atom stereocenters. The topological polar surface area (TPSA) is 12.5 Å². The van der Waals surface area contributed by atoms with Crippen LogP contribution in [0.3, 0.4) is 0 Å². The molecule has 2 nitrogen and oxygen atoms in total. The summed E-state index contributed by atoms with van der Waals surface area (Å²) < 4.78 is 5.38. The Morgan fingerprint density at radius 3 is 2.43 bits per heavy atom. The van der Waals surface area contributed by atoms with Crippen LogP contribution in [-0.2, 0) is 4.74 Å². The van der Waals surface area contributed by atoms with E-state index in [4.69, 9.17) is 4.74 Å². The number of hydrogen-bond donors (Lipinski definition) is 0. The van der Waals surface area contributed by atoms with Crippen LogP contribution in [0.4, 0.5) is 0 Å². The van der Waals surface area contributed by atoms with Crippen molar-refractivity contribution in [3.63, 3.8) is 0 Å². The minimum atomic E-state index is 0.840. The van der Waals surface area contributed by atoms with Gasteiger partial charge in [0, 0.05) is 32.3 Å². The van der Waals surface area contributed by atoms with Crippen molar-refractivity contribution in [3.05, 3.63) is 0 Å². The molecule has 0 aliphatic carbocycles. The molecule has 0 amide bonds. The molecule has 2 fully saturated rings. The molecular weight excluding hydrogens is 174 g/mol. The average Bonchev–Trinajstić information content (AvgIpc) is 2.12. The first kappa shape index (κ1) is 10.4. The predicted octanol–water partition coefficient (Wildman–Crippen LogP) is 2.14. The number of ether oxygens (including phenoxy) is 1. The van der Waals surface area contributed by atoms with Crippen LogP contribution in [0.2, 0.25) is 0 Å². The summed E-state index contributed by atoms with van der Waals surface area (Å²) in [6.07, 6.45) is 3.93. The summed E-state index contributed by atoms with van der Waals surface area (Å²) in [4.78, 5) is 2.66. The van der Waals surface area contributed by atoms with Gasteiger partial charge >= 0.3 is 0 Å². The van der Waals surface area contributed by atoms with E-state index in [2.05, 4.69) is 18.7 Å². The molecule has 0 bridgehead atoms. The van der Waals surface area contributed by atoms with Gasteiger partial charge in [-0.2, -0.15) is 0 Å². The molecule has 0 N–H and O–H groups in total. The van der Waals surface area contributed by atoms with E-state index in [0.717, 1.165) is 31.1 Å². The van der Waals surface area contributed by atoms with Crippen LogP contribution < -0.4 is 0 Å². The molecule has 0 spiro atoms. The molecule has 0 aromatic rings. The molecule has 14 heavy (non-hydrogen) atoms. The molecule has 2 saturated heterocycles. The van der Waals surface area contributed by atoms with Gasteiger partial charge in [0.15, 0.2) is 0 Å². The van der Waals surface area contributed by atoms with Gasteiger partial charge in [0.05, 0.1) is 0 Å². The van der Waals surface area contributed by atoms with Gasteiger partial charge in [-0.05, 0) is 31.1 Å². The second-order valence-corrected chi connectivity index (χ2v) is 5.29. The molecule has 82 valence electrons. The molecule has 0 atom stereocenters. The van der Waals surface area contributed by atoms with Gasteiger partial charge in [0.1, 0.15) is 0 Å². The second-order valence-electron chi connectivity index (χ2n) is 5.29. The van der Waals surface area contributed by atoms with E-state index < -0.39 is 0 Å². The summed E-state index contributed by atoms with van der Waals surface area (Å²) in [5.74, 6) is 1.86. The number of hydrogen-bond acceptors (Lipinski definition) is 2. The number of rotatable bonds is 3. The van der Waals surface area contributed by atoms with E-state index in [9.17, 15) is 0 Å². The molecule has 2 aliphatic rings. The molecule has 0 saturated carbocycles. The van der Waals surface area contributed by atoms with Gasteiger partial charge in [-0.15, -0.1) is 0 Å². The zero-order valence-electron chi connectivity index (χ0n) is 9.54. The van der Waals surface area contributed by atoms with Crippen molar-refractivity contribution < 1.29 is 4.74 Å². The third-order valence-electron chi connectivity index (χ3n) is 3.50. The highest BCUT2D eigenvalue weighted by Crippen LogP contribution is 2.28. The quantitative estimate of drug-likeness (QED) is 0.687. The van der Waals surface area contributed by atoms with Gasteiger partial charge in [0.2, 0.25) is 0 Å². The lowest BCUT2D eigenvalue weighted by atomic mass is 9.88. The highest BCUT2D eigenvalue weighted by Gasteiger charge is 2.32. The second kappa shape index (κ2) is 4.63. The van der Waals surface area contributed by atoms with Crippen LogP contribution in [0, 0.1) is 11.8 Å². The van der Waals surface area contributed by atoms with Crippen LogP contribution in [0.5, 0.6) is 0 Å². The standard InChI is InChI=1S/C12H23NO/c1-10(2)7-11-8-13(9-11)12-3-5-14-6-4-12/h10-12H,3-9H2,1-2H3. The smallest absolute Gasteiger partial charge is 0.0480 e. The summed E-state index contributed by atoms with van der Waals surface area (Å²) in [7, 11) is 0. The predicted molar refractivity (Wildman–Crippen MR) is 58.4 cm³/mol. The fraction of sp³-hybridized carbons (Fsp3) is 1.00. The van der Waals surface area contributed by atoms with Gasteiger partial charge in [0.25, 0.3) is 0 Å². The van der Waals surface area contributed by atoms with E-state index >= 15 is 0 Å².